The number of thiocarbonyl (C=S) groups is 1. The van der Waals surface area contributed by atoms with Gasteiger partial charge in [-0.3, -0.25) is 9.78 Å². The average Bonchev–Trinajstić information content (AvgIpc) is 3.54. The fourth-order valence-electron chi connectivity index (χ4n) is 3.73. The Morgan fingerprint density at radius 2 is 2.00 bits per heavy atom. The number of benzene rings is 2. The van der Waals surface area contributed by atoms with Crippen LogP contribution in [0.3, 0.4) is 0 Å². The number of amides is 1. The van der Waals surface area contributed by atoms with Crippen molar-refractivity contribution in [2.24, 2.45) is 0 Å². The van der Waals surface area contributed by atoms with Crippen LogP contribution in [0.4, 0.5) is 10.1 Å². The van der Waals surface area contributed by atoms with Crippen molar-refractivity contribution < 1.29 is 19.0 Å². The summed E-state index contributed by atoms with van der Waals surface area (Å²) in [7, 11) is 0. The molecule has 0 saturated carbocycles. The monoisotopic (exact) mass is 547 g/mol. The lowest BCUT2D eigenvalue weighted by Crippen LogP contribution is -2.35. The number of imidazole rings is 1. The van der Waals surface area contributed by atoms with Gasteiger partial charge in [0.15, 0.2) is 16.7 Å². The van der Waals surface area contributed by atoms with Crippen molar-refractivity contribution in [2.75, 3.05) is 5.32 Å². The van der Waals surface area contributed by atoms with Crippen molar-refractivity contribution in [3.8, 4) is 27.8 Å². The highest BCUT2D eigenvalue weighted by atomic mass is 32.1. The number of para-hydroxylation sites is 1. The van der Waals surface area contributed by atoms with Crippen LogP contribution in [0.25, 0.3) is 20.8 Å². The maximum Gasteiger partial charge on any atom is 0.230 e. The summed E-state index contributed by atoms with van der Waals surface area (Å²) in [6, 6.07) is 14.5. The molecule has 2 aromatic carbocycles. The molecule has 3 heterocycles. The largest absolute Gasteiger partial charge is 0.508 e. The first-order valence-electron chi connectivity index (χ1n) is 11.7. The van der Waals surface area contributed by atoms with E-state index in [1.807, 2.05) is 23.8 Å². The Bertz CT molecular complexity index is 1650. The normalized spacial score (nSPS) is 10.9. The van der Waals surface area contributed by atoms with E-state index in [2.05, 4.69) is 20.6 Å². The van der Waals surface area contributed by atoms with E-state index in [1.165, 1.54) is 29.5 Å². The minimum absolute atomic E-state index is 0.00552. The topological polar surface area (TPSA) is 101 Å². The Labute approximate surface area is 226 Å². The summed E-state index contributed by atoms with van der Waals surface area (Å²) in [6.45, 7) is 2.87. The molecule has 1 amide bonds. The predicted octanol–water partition coefficient (Wildman–Crippen LogP) is 5.87. The predicted molar refractivity (Wildman–Crippen MR) is 149 cm³/mol. The van der Waals surface area contributed by atoms with Crippen LogP contribution in [-0.4, -0.2) is 30.7 Å². The zero-order valence-electron chi connectivity index (χ0n) is 20.1. The van der Waals surface area contributed by atoms with Gasteiger partial charge in [0.05, 0.1) is 33.5 Å². The van der Waals surface area contributed by atoms with Crippen LogP contribution in [-0.2, 0) is 17.8 Å². The van der Waals surface area contributed by atoms with E-state index in [-0.39, 0.29) is 23.0 Å². The molecule has 11 heteroatoms. The van der Waals surface area contributed by atoms with Gasteiger partial charge < -0.3 is 25.0 Å². The number of carbonyl (C=O) groups excluding carboxylic acids is 1. The number of ether oxygens (including phenoxy) is 1. The van der Waals surface area contributed by atoms with Crippen molar-refractivity contribution in [1.29, 1.82) is 0 Å². The lowest BCUT2D eigenvalue weighted by molar-refractivity contribution is -0.119. The SMILES string of the molecule is CCn1cnc(-c2cc3nccc(Oc4ccc(NC(=S)NC(=O)Cc5ccccc5O)cc4F)c3s2)c1. The van der Waals surface area contributed by atoms with E-state index >= 15 is 0 Å². The van der Waals surface area contributed by atoms with Crippen LogP contribution in [0.1, 0.15) is 12.5 Å². The van der Waals surface area contributed by atoms with E-state index in [1.54, 1.807) is 42.9 Å². The second-order valence-electron chi connectivity index (χ2n) is 8.28. The van der Waals surface area contributed by atoms with Gasteiger partial charge >= 0.3 is 0 Å². The Kier molecular flexibility index (Phi) is 7.29. The van der Waals surface area contributed by atoms with Gasteiger partial charge in [-0.05, 0) is 43.4 Å². The van der Waals surface area contributed by atoms with Crippen molar-refractivity contribution in [2.45, 2.75) is 19.9 Å². The number of carbonyl (C=O) groups is 1. The van der Waals surface area contributed by atoms with Gasteiger partial charge in [0.1, 0.15) is 11.5 Å². The zero-order valence-corrected chi connectivity index (χ0v) is 21.8. The maximum absolute atomic E-state index is 14.9. The van der Waals surface area contributed by atoms with E-state index < -0.39 is 11.7 Å². The lowest BCUT2D eigenvalue weighted by atomic mass is 10.1. The molecular formula is C27H22FN5O3S2. The van der Waals surface area contributed by atoms with E-state index in [9.17, 15) is 14.3 Å². The van der Waals surface area contributed by atoms with Gasteiger partial charge in [-0.25, -0.2) is 9.37 Å². The second kappa shape index (κ2) is 11.0. The van der Waals surface area contributed by atoms with Gasteiger partial charge in [-0.15, -0.1) is 11.3 Å². The molecule has 3 N–H and O–H groups in total. The standard InChI is InChI=1S/C27H22FN5O3S2/c1-2-33-14-20(30-15-33)24-13-19-26(38-24)23(9-10-29-19)36-22-8-7-17(12-18(22)28)31-27(37)32-25(35)11-16-5-3-4-6-21(16)34/h3-10,12-15,34H,2,11H2,1H3,(H2,31,32,35,37). The molecule has 8 nitrogen and oxygen atoms in total. The molecule has 192 valence electrons. The number of hydrogen-bond donors (Lipinski definition) is 3. The highest BCUT2D eigenvalue weighted by molar-refractivity contribution is 7.80. The molecule has 0 aliphatic carbocycles. The average molecular weight is 548 g/mol. The third-order valence-electron chi connectivity index (χ3n) is 5.63. The molecule has 5 rings (SSSR count). The summed E-state index contributed by atoms with van der Waals surface area (Å²) in [5, 5.41) is 15.1. The molecule has 0 fully saturated rings. The molecule has 0 radical (unpaired) electrons. The van der Waals surface area contributed by atoms with Gasteiger partial charge in [-0.1, -0.05) is 18.2 Å². The Hall–Kier alpha value is -4.35. The summed E-state index contributed by atoms with van der Waals surface area (Å²) in [4.78, 5) is 22.0. The molecule has 0 atom stereocenters. The third-order valence-corrected chi connectivity index (χ3v) is 7.00. The molecule has 5 aromatic rings. The molecule has 3 aromatic heterocycles. The fraction of sp³-hybridized carbons (Fsp3) is 0.111. The summed E-state index contributed by atoms with van der Waals surface area (Å²) in [5.41, 5.74) is 2.38. The molecule has 0 bridgehead atoms. The number of thiophene rings is 1. The van der Waals surface area contributed by atoms with Gasteiger partial charge in [0.25, 0.3) is 0 Å². The minimum Gasteiger partial charge on any atom is -0.508 e. The number of anilines is 1. The number of phenols is 1. The molecular weight excluding hydrogens is 525 g/mol. The van der Waals surface area contributed by atoms with Crippen LogP contribution in [0, 0.1) is 5.82 Å². The summed E-state index contributed by atoms with van der Waals surface area (Å²) >= 11 is 6.65. The third kappa shape index (κ3) is 5.63. The number of aryl methyl sites for hydroxylation is 1. The van der Waals surface area contributed by atoms with Crippen LogP contribution in [0.2, 0.25) is 0 Å². The van der Waals surface area contributed by atoms with Crippen LogP contribution >= 0.6 is 23.6 Å². The van der Waals surface area contributed by atoms with Crippen molar-refractivity contribution in [3.05, 3.63) is 84.7 Å². The first-order chi connectivity index (χ1) is 18.4. The van der Waals surface area contributed by atoms with Gasteiger partial charge in [0, 0.05) is 42.3 Å². The van der Waals surface area contributed by atoms with Crippen LogP contribution in [0.15, 0.2) is 73.3 Å². The molecule has 0 aliphatic rings. The van der Waals surface area contributed by atoms with E-state index in [0.29, 0.717) is 17.0 Å². The van der Waals surface area contributed by atoms with Gasteiger partial charge in [0.2, 0.25) is 5.91 Å². The number of rotatable bonds is 7. The molecule has 0 aliphatic heterocycles. The molecule has 0 unspecified atom stereocenters. The summed E-state index contributed by atoms with van der Waals surface area (Å²) in [6.07, 6.45) is 5.31. The number of nitrogens with one attached hydrogen (secondary N) is 2. The number of nitrogens with zero attached hydrogens (tertiary/aromatic N) is 3. The number of pyridine rings is 1. The highest BCUT2D eigenvalue weighted by Gasteiger charge is 2.15. The van der Waals surface area contributed by atoms with E-state index in [0.717, 1.165) is 27.3 Å². The quantitative estimate of drug-likeness (QED) is 0.219. The first kappa shape index (κ1) is 25.3. The van der Waals surface area contributed by atoms with Crippen molar-refractivity contribution in [3.63, 3.8) is 0 Å². The van der Waals surface area contributed by atoms with Crippen molar-refractivity contribution >= 4 is 50.5 Å². The zero-order chi connectivity index (χ0) is 26.6. The Morgan fingerprint density at radius 3 is 2.76 bits per heavy atom. The minimum atomic E-state index is -0.609. The molecule has 38 heavy (non-hydrogen) atoms. The van der Waals surface area contributed by atoms with E-state index in [4.69, 9.17) is 17.0 Å². The van der Waals surface area contributed by atoms with Crippen molar-refractivity contribution in [1.82, 2.24) is 19.9 Å². The fourth-order valence-corrected chi connectivity index (χ4v) is 4.99. The summed E-state index contributed by atoms with van der Waals surface area (Å²) in [5.74, 6) is -0.489. The van der Waals surface area contributed by atoms with Crippen LogP contribution < -0.4 is 15.4 Å². The Balaban J connectivity index is 1.26. The Morgan fingerprint density at radius 1 is 1.16 bits per heavy atom. The number of phenolic OH excluding ortho intramolecular Hbond substituents is 1. The molecule has 0 saturated heterocycles. The highest BCUT2D eigenvalue weighted by Crippen LogP contribution is 2.39. The van der Waals surface area contributed by atoms with Gasteiger partial charge in [-0.2, -0.15) is 0 Å². The maximum atomic E-state index is 14.9. The lowest BCUT2D eigenvalue weighted by Gasteiger charge is -2.12. The number of aromatic hydroxyl groups is 1. The van der Waals surface area contributed by atoms with Crippen LogP contribution in [0.5, 0.6) is 17.2 Å². The first-order valence-corrected chi connectivity index (χ1v) is 12.9. The number of fused-ring (bicyclic) bond motifs is 1. The second-order valence-corrected chi connectivity index (χ2v) is 9.74. The smallest absolute Gasteiger partial charge is 0.230 e. The molecule has 0 spiro atoms. The number of hydrogen-bond acceptors (Lipinski definition) is 7. The summed E-state index contributed by atoms with van der Waals surface area (Å²) < 4.78 is 23.6. The number of aromatic nitrogens is 3. The number of halogens is 1.